The second-order valence-corrected chi connectivity index (χ2v) is 4.89. The van der Waals surface area contributed by atoms with Crippen LogP contribution in [0, 0.1) is 0 Å². The van der Waals surface area contributed by atoms with Crippen molar-refractivity contribution in [2.75, 3.05) is 0 Å². The normalized spacial score (nSPS) is 10.4. The number of aryl methyl sites for hydroxylation is 1. The summed E-state index contributed by atoms with van der Waals surface area (Å²) in [6.07, 6.45) is 4.25. The van der Waals surface area contributed by atoms with Crippen LogP contribution in [-0.4, -0.2) is 31.0 Å². The molecule has 0 radical (unpaired) electrons. The van der Waals surface area contributed by atoms with Crippen molar-refractivity contribution in [2.24, 2.45) is 0 Å². The number of aromatic carboxylic acids is 1. The van der Waals surface area contributed by atoms with Gasteiger partial charge in [0.05, 0.1) is 0 Å². The molecule has 0 aliphatic rings. The summed E-state index contributed by atoms with van der Waals surface area (Å²) < 4.78 is 0. The fourth-order valence-corrected chi connectivity index (χ4v) is 2.40. The van der Waals surface area contributed by atoms with E-state index in [0.717, 1.165) is 18.2 Å². The predicted octanol–water partition coefficient (Wildman–Crippen LogP) is 1.36. The minimum absolute atomic E-state index is 0.166. The molecule has 104 valence electrons. The molecule has 0 unspecified atom stereocenters. The number of rotatable bonds is 5. The fraction of sp³-hybridized carbons (Fsp3) is 0.250. The number of carbonyl (C=O) groups is 1. The highest BCUT2D eigenvalue weighted by atomic mass is 32.2. The molecule has 2 aromatic rings. The van der Waals surface area contributed by atoms with Crippen molar-refractivity contribution >= 4 is 17.7 Å². The third-order valence-electron chi connectivity index (χ3n) is 2.34. The molecule has 0 fully saturated rings. The van der Waals surface area contributed by atoms with Gasteiger partial charge in [-0.3, -0.25) is 4.79 Å². The highest BCUT2D eigenvalue weighted by Gasteiger charge is 2.15. The molecule has 0 amide bonds. The SMILES string of the molecule is CCCc1cc(=O)[nH]c(Sc2nccnc2C(=O)O)n1. The van der Waals surface area contributed by atoms with Crippen molar-refractivity contribution in [3.63, 3.8) is 0 Å². The van der Waals surface area contributed by atoms with Gasteiger partial charge < -0.3 is 10.1 Å². The second kappa shape index (κ2) is 6.29. The maximum Gasteiger partial charge on any atom is 0.357 e. The van der Waals surface area contributed by atoms with Crippen LogP contribution >= 0.6 is 11.8 Å². The second-order valence-electron chi connectivity index (χ2n) is 3.91. The predicted molar refractivity (Wildman–Crippen MR) is 72.0 cm³/mol. The van der Waals surface area contributed by atoms with Crippen molar-refractivity contribution < 1.29 is 9.90 Å². The molecule has 0 bridgehead atoms. The van der Waals surface area contributed by atoms with Crippen molar-refractivity contribution in [1.82, 2.24) is 19.9 Å². The smallest absolute Gasteiger partial charge is 0.357 e. The molecule has 0 saturated heterocycles. The summed E-state index contributed by atoms with van der Waals surface area (Å²) in [7, 11) is 0. The number of nitrogens with one attached hydrogen (secondary N) is 1. The lowest BCUT2D eigenvalue weighted by Crippen LogP contribution is -2.11. The number of aromatic nitrogens is 4. The number of carboxylic acids is 1. The van der Waals surface area contributed by atoms with Gasteiger partial charge in [-0.2, -0.15) is 0 Å². The number of hydrogen-bond acceptors (Lipinski definition) is 6. The monoisotopic (exact) mass is 292 g/mol. The number of hydrogen-bond donors (Lipinski definition) is 2. The van der Waals surface area contributed by atoms with Crippen molar-refractivity contribution in [1.29, 1.82) is 0 Å². The Bertz CT molecular complexity index is 686. The molecular weight excluding hydrogens is 280 g/mol. The highest BCUT2D eigenvalue weighted by Crippen LogP contribution is 2.24. The third-order valence-corrected chi connectivity index (χ3v) is 3.22. The van der Waals surface area contributed by atoms with Crippen LogP contribution in [0.3, 0.4) is 0 Å². The Hall–Kier alpha value is -2.22. The maximum atomic E-state index is 11.5. The third kappa shape index (κ3) is 3.41. The van der Waals surface area contributed by atoms with E-state index < -0.39 is 5.97 Å². The van der Waals surface area contributed by atoms with E-state index in [1.54, 1.807) is 0 Å². The minimum Gasteiger partial charge on any atom is -0.476 e. The molecule has 2 N–H and O–H groups in total. The number of carboxylic acid groups (broad SMARTS) is 1. The summed E-state index contributed by atoms with van der Waals surface area (Å²) in [5.74, 6) is -1.17. The average molecular weight is 292 g/mol. The summed E-state index contributed by atoms with van der Waals surface area (Å²) >= 11 is 0.976. The summed E-state index contributed by atoms with van der Waals surface area (Å²) in [5, 5.41) is 9.53. The van der Waals surface area contributed by atoms with E-state index in [1.807, 2.05) is 6.92 Å². The zero-order chi connectivity index (χ0) is 14.5. The molecule has 2 rings (SSSR count). The van der Waals surface area contributed by atoms with Gasteiger partial charge in [0.2, 0.25) is 0 Å². The molecule has 7 nitrogen and oxygen atoms in total. The molecule has 0 saturated carbocycles. The molecule has 2 aromatic heterocycles. The van der Waals surface area contributed by atoms with Crippen LogP contribution in [0.25, 0.3) is 0 Å². The highest BCUT2D eigenvalue weighted by molar-refractivity contribution is 7.99. The van der Waals surface area contributed by atoms with E-state index in [-0.39, 0.29) is 16.3 Å². The van der Waals surface area contributed by atoms with Gasteiger partial charge in [-0.05, 0) is 18.2 Å². The first-order chi connectivity index (χ1) is 9.60. The lowest BCUT2D eigenvalue weighted by molar-refractivity contribution is 0.0685. The topological polar surface area (TPSA) is 109 Å². The van der Waals surface area contributed by atoms with Gasteiger partial charge in [0.15, 0.2) is 10.9 Å². The van der Waals surface area contributed by atoms with Crippen molar-refractivity contribution in [3.05, 3.63) is 40.2 Å². The Morgan fingerprint density at radius 3 is 2.85 bits per heavy atom. The summed E-state index contributed by atoms with van der Waals surface area (Å²) in [6.45, 7) is 1.99. The quantitative estimate of drug-likeness (QED) is 0.801. The van der Waals surface area contributed by atoms with Crippen LogP contribution in [0.4, 0.5) is 0 Å². The molecule has 0 aliphatic carbocycles. The Labute approximate surface area is 118 Å². The zero-order valence-corrected chi connectivity index (χ0v) is 11.5. The van der Waals surface area contributed by atoms with Gasteiger partial charge in [0, 0.05) is 24.2 Å². The first-order valence-electron chi connectivity index (χ1n) is 5.92. The van der Waals surface area contributed by atoms with Gasteiger partial charge in [-0.15, -0.1) is 0 Å². The van der Waals surface area contributed by atoms with Crippen LogP contribution in [0.15, 0.2) is 33.4 Å². The Morgan fingerprint density at radius 1 is 1.40 bits per heavy atom. The van der Waals surface area contributed by atoms with E-state index in [0.29, 0.717) is 17.3 Å². The lowest BCUT2D eigenvalue weighted by atomic mass is 10.2. The van der Waals surface area contributed by atoms with E-state index in [4.69, 9.17) is 5.11 Å². The Balaban J connectivity index is 2.35. The van der Waals surface area contributed by atoms with Gasteiger partial charge in [-0.1, -0.05) is 13.3 Å². The van der Waals surface area contributed by atoms with Crippen LogP contribution < -0.4 is 5.56 Å². The van der Waals surface area contributed by atoms with Crippen LogP contribution in [0.2, 0.25) is 0 Å². The molecule has 0 spiro atoms. The average Bonchev–Trinajstić information content (AvgIpc) is 2.38. The summed E-state index contributed by atoms with van der Waals surface area (Å²) in [5.41, 5.74) is 0.229. The van der Waals surface area contributed by atoms with Gasteiger partial charge in [-0.25, -0.2) is 19.7 Å². The minimum atomic E-state index is -1.17. The lowest BCUT2D eigenvalue weighted by Gasteiger charge is -2.04. The van der Waals surface area contributed by atoms with Crippen molar-refractivity contribution in [2.45, 2.75) is 29.9 Å². The van der Waals surface area contributed by atoms with E-state index >= 15 is 0 Å². The number of nitrogens with zero attached hydrogens (tertiary/aromatic N) is 3. The van der Waals surface area contributed by atoms with Gasteiger partial charge in [0.1, 0.15) is 5.03 Å². The first kappa shape index (κ1) is 14.2. The summed E-state index contributed by atoms with van der Waals surface area (Å²) in [6, 6.07) is 1.43. The van der Waals surface area contributed by atoms with Crippen molar-refractivity contribution in [3.8, 4) is 0 Å². The van der Waals surface area contributed by atoms with Crippen LogP contribution in [-0.2, 0) is 6.42 Å². The zero-order valence-electron chi connectivity index (χ0n) is 10.7. The van der Waals surface area contributed by atoms with Gasteiger partial charge in [0.25, 0.3) is 5.56 Å². The maximum absolute atomic E-state index is 11.5. The molecule has 0 aromatic carbocycles. The standard InChI is InChI=1S/C12H12N4O3S/c1-2-3-7-6-8(17)16-12(15-7)20-10-9(11(18)19)13-4-5-14-10/h4-6H,2-3H2,1H3,(H,18,19)(H,15,16,17). The summed E-state index contributed by atoms with van der Waals surface area (Å²) in [4.78, 5) is 37.1. The molecule has 0 aliphatic heterocycles. The molecular formula is C12H12N4O3S. The Morgan fingerprint density at radius 2 is 2.15 bits per heavy atom. The first-order valence-corrected chi connectivity index (χ1v) is 6.74. The van der Waals surface area contributed by atoms with Crippen LogP contribution in [0.5, 0.6) is 0 Å². The Kier molecular flexibility index (Phi) is 4.46. The van der Waals surface area contributed by atoms with Crippen LogP contribution in [0.1, 0.15) is 29.5 Å². The fourth-order valence-electron chi connectivity index (χ4n) is 1.55. The molecule has 2 heterocycles. The van der Waals surface area contributed by atoms with E-state index in [2.05, 4.69) is 19.9 Å². The largest absolute Gasteiger partial charge is 0.476 e. The van der Waals surface area contributed by atoms with Gasteiger partial charge >= 0.3 is 5.97 Å². The van der Waals surface area contributed by atoms with E-state index in [1.165, 1.54) is 18.5 Å². The number of aromatic amines is 1. The van der Waals surface area contributed by atoms with E-state index in [9.17, 15) is 9.59 Å². The molecule has 0 atom stereocenters. The molecule has 8 heteroatoms. The number of H-pyrrole nitrogens is 1. The molecule has 20 heavy (non-hydrogen) atoms.